The number of esters is 1. The fraction of sp³-hybridized carbons (Fsp3) is 0.348. The Balaban J connectivity index is 0.000000206. The summed E-state index contributed by atoms with van der Waals surface area (Å²) in [7, 11) is 0. The molecule has 0 spiro atoms. The fourth-order valence-electron chi connectivity index (χ4n) is 16.8. The van der Waals surface area contributed by atoms with Crippen LogP contribution in [0.3, 0.4) is 0 Å². The Hall–Kier alpha value is -9.95. The first-order valence-electron chi connectivity index (χ1n) is 46.2. The fourth-order valence-corrected chi connectivity index (χ4v) is 18.3. The van der Waals surface area contributed by atoms with Gasteiger partial charge in [0.05, 0.1) is 99.1 Å². The number of rotatable bonds is 47. The monoisotopic (exact) mass is 1870 g/mol. The minimum atomic E-state index is -1.11. The molecule has 8 unspecified atom stereocenters. The summed E-state index contributed by atoms with van der Waals surface area (Å²) in [5.41, 5.74) is 10.7. The Morgan fingerprint density at radius 3 is 0.637 bits per heavy atom. The number of aliphatic hydroxyl groups excluding tert-OH is 1. The molecule has 12 aromatic carbocycles. The second-order valence-corrected chi connectivity index (χ2v) is 35.3. The van der Waals surface area contributed by atoms with Crippen molar-refractivity contribution in [1.82, 2.24) is 0 Å². The molecule has 0 aromatic heterocycles. The predicted molar refractivity (Wildman–Crippen MR) is 518 cm³/mol. The van der Waals surface area contributed by atoms with E-state index in [4.69, 9.17) is 90.0 Å². The smallest absolute Gasteiger partial charge is 0.302 e. The van der Waals surface area contributed by atoms with Crippen LogP contribution in [0.1, 0.15) is 73.7 Å². The normalized spacial score (nSPS) is 25.0. The van der Waals surface area contributed by atoms with Gasteiger partial charge in [-0.25, -0.2) is 0 Å². The summed E-state index contributed by atoms with van der Waals surface area (Å²) in [5, 5.41) is 11.1. The van der Waals surface area contributed by atoms with Crippen molar-refractivity contribution < 1.29 is 99.9 Å². The molecule has 16 rings (SSSR count). The van der Waals surface area contributed by atoms with Gasteiger partial charge in [-0.1, -0.05) is 364 Å². The molecule has 23 heteroatoms. The molecule has 0 bridgehead atoms. The molecule has 4 fully saturated rings. The minimum Gasteiger partial charge on any atom is -0.463 e. The molecule has 21 nitrogen and oxygen atoms in total. The molecule has 4 aliphatic rings. The Kier molecular flexibility index (Phi) is 40.0. The largest absolute Gasteiger partial charge is 0.463 e. The summed E-state index contributed by atoms with van der Waals surface area (Å²) in [4.78, 5) is 12.5. The SMILES string of the molecule is CS[C@H]1OC(COCc2ccccc2)[C@H](OCc2ccccc2)[C@@H](OCc2ccccc2)C1O[C@H]1OC(CO)[C@@H](OCc2ccccc2)[C@@H](OCc2ccccc2)C1OCc1ccccc1.CS[C@H]1OC(COCc2ccccc2)[C@H](OCc2ccccc2)[C@@H](OCc2ccccc2)C1O[C@H]1OC(COC(C)=O)[C@@H](OCc2ccccc2)[C@@H](OCc2ccccc2)C1OCc1ccccc1. The van der Waals surface area contributed by atoms with Crippen LogP contribution in [0.2, 0.25) is 0 Å². The van der Waals surface area contributed by atoms with Gasteiger partial charge in [-0.05, 0) is 79.3 Å². The standard InChI is InChI=1S/C57H62O11S.C55H60O10S/c1-41(58)60-40-49-51(62-35-44-25-13-5-14-26-44)52(63-36-45-27-15-6-16-28-45)54(65-38-47-31-19-8-20-32-47)56(66-49)68-55-53(64-37-46-29-17-7-18-30-46)50(61-34-43-23-11-4-12-24-43)48(67-57(55)69-2)39-59-33-42-21-9-3-10-22-42;1-66-55-53(51(61-37-44-28-16-6-17-29-44)49(59-35-42-24-12-4-13-25-42)47(64-55)39-57-33-40-20-8-2-9-21-40)65-54-52(62-38-45-30-18-7-19-31-45)50(60-36-43-26-14-5-15-27-43)48(46(32-56)63-54)58-34-41-22-10-3-11-23-41/h3-32,48-57H,33-40H2,1-2H3;2-31,46-56H,32-39H2,1H3/t48?,49?,50-,51+,52+,53+,54?,55?,56+,57+;46?,47?,48-,49+,50-,51-,52?,53?,54-,55-/m01/s1. The molecule has 4 saturated heterocycles. The van der Waals surface area contributed by atoms with Gasteiger partial charge in [0.15, 0.2) is 12.6 Å². The van der Waals surface area contributed by atoms with E-state index in [-0.39, 0.29) is 85.9 Å². The molecule has 708 valence electrons. The number of hydrogen-bond acceptors (Lipinski definition) is 23. The van der Waals surface area contributed by atoms with E-state index in [1.807, 2.05) is 376 Å². The van der Waals surface area contributed by atoms with Crippen LogP contribution in [-0.2, 0) is 174 Å². The van der Waals surface area contributed by atoms with E-state index in [9.17, 15) is 9.90 Å². The minimum absolute atomic E-state index is 0.129. The van der Waals surface area contributed by atoms with Crippen molar-refractivity contribution in [3.63, 3.8) is 0 Å². The summed E-state index contributed by atoms with van der Waals surface area (Å²) in [6, 6.07) is 120. The van der Waals surface area contributed by atoms with Gasteiger partial charge in [0, 0.05) is 6.92 Å². The number of carbonyl (C=O) groups excluding carboxylic acids is 1. The molecule has 4 heterocycles. The number of carbonyl (C=O) groups is 1. The Morgan fingerprint density at radius 2 is 0.422 bits per heavy atom. The van der Waals surface area contributed by atoms with Crippen molar-refractivity contribution in [3.8, 4) is 0 Å². The highest BCUT2D eigenvalue weighted by Gasteiger charge is 2.57. The third-order valence-corrected chi connectivity index (χ3v) is 25.4. The maximum Gasteiger partial charge on any atom is 0.302 e. The quantitative estimate of drug-likeness (QED) is 0.0351. The van der Waals surface area contributed by atoms with Gasteiger partial charge in [0.25, 0.3) is 0 Å². The van der Waals surface area contributed by atoms with Crippen molar-refractivity contribution >= 4 is 29.5 Å². The average molecular weight is 1870 g/mol. The number of benzene rings is 12. The van der Waals surface area contributed by atoms with Gasteiger partial charge in [0.2, 0.25) is 0 Å². The van der Waals surface area contributed by atoms with Gasteiger partial charge < -0.3 is 95.1 Å². The first kappa shape index (κ1) is 99.5. The van der Waals surface area contributed by atoms with Gasteiger partial charge >= 0.3 is 5.97 Å². The Bertz CT molecular complexity index is 5230. The van der Waals surface area contributed by atoms with Gasteiger partial charge in [-0.3, -0.25) is 4.79 Å². The van der Waals surface area contributed by atoms with Crippen molar-refractivity contribution in [1.29, 1.82) is 0 Å². The predicted octanol–water partition coefficient (Wildman–Crippen LogP) is 19.2. The molecule has 4 aliphatic heterocycles. The molecule has 12 aromatic rings. The highest BCUT2D eigenvalue weighted by atomic mass is 32.2. The Labute approximate surface area is 801 Å². The van der Waals surface area contributed by atoms with E-state index < -0.39 is 127 Å². The molecule has 0 aliphatic carbocycles. The molecule has 20 atom stereocenters. The van der Waals surface area contributed by atoms with Crippen LogP contribution in [-0.4, -0.2) is 171 Å². The zero-order valence-electron chi connectivity index (χ0n) is 76.4. The molecular formula is C112H122O21S2. The second kappa shape index (κ2) is 54.3. The van der Waals surface area contributed by atoms with Crippen LogP contribution in [0.4, 0.5) is 0 Å². The maximum absolute atomic E-state index is 12.5. The third kappa shape index (κ3) is 30.3. The van der Waals surface area contributed by atoms with E-state index >= 15 is 0 Å². The highest BCUT2D eigenvalue weighted by molar-refractivity contribution is 7.99. The second-order valence-electron chi connectivity index (χ2n) is 33.4. The van der Waals surface area contributed by atoms with Crippen LogP contribution in [0.25, 0.3) is 0 Å². The topological polar surface area (TPSA) is 213 Å². The zero-order valence-corrected chi connectivity index (χ0v) is 78.1. The van der Waals surface area contributed by atoms with E-state index in [1.54, 1.807) is 0 Å². The van der Waals surface area contributed by atoms with Gasteiger partial charge in [-0.2, -0.15) is 0 Å². The third-order valence-electron chi connectivity index (χ3n) is 23.7. The average Bonchev–Trinajstić information content (AvgIpc) is 0.772. The van der Waals surface area contributed by atoms with Crippen molar-refractivity contribution in [2.24, 2.45) is 0 Å². The zero-order chi connectivity index (χ0) is 92.6. The molecule has 0 saturated carbocycles. The van der Waals surface area contributed by atoms with E-state index in [1.165, 1.54) is 30.4 Å². The van der Waals surface area contributed by atoms with Crippen LogP contribution < -0.4 is 0 Å². The van der Waals surface area contributed by atoms with E-state index in [0.717, 1.165) is 66.8 Å². The van der Waals surface area contributed by atoms with Gasteiger partial charge in [0.1, 0.15) is 115 Å². The lowest BCUT2D eigenvalue weighted by atomic mass is 9.96. The summed E-state index contributed by atoms with van der Waals surface area (Å²) in [6.07, 6.45) is -10.0. The maximum atomic E-state index is 12.5. The molecule has 1 N–H and O–H groups in total. The summed E-state index contributed by atoms with van der Waals surface area (Å²) >= 11 is 3.01. The highest BCUT2D eigenvalue weighted by Crippen LogP contribution is 2.42. The number of thioether (sulfide) groups is 2. The van der Waals surface area contributed by atoms with Crippen LogP contribution in [0.5, 0.6) is 0 Å². The first-order chi connectivity index (χ1) is 66.6. The molecule has 0 radical (unpaired) electrons. The van der Waals surface area contributed by atoms with Crippen molar-refractivity contribution in [2.75, 3.05) is 38.9 Å². The van der Waals surface area contributed by atoms with Crippen molar-refractivity contribution in [3.05, 3.63) is 431 Å². The number of aliphatic hydroxyl groups is 1. The summed E-state index contributed by atoms with van der Waals surface area (Å²) < 4.78 is 130. The molecule has 135 heavy (non-hydrogen) atoms. The number of ether oxygens (including phenoxy) is 19. The van der Waals surface area contributed by atoms with E-state index in [0.29, 0.717) is 19.8 Å². The van der Waals surface area contributed by atoms with Crippen LogP contribution in [0, 0.1) is 0 Å². The van der Waals surface area contributed by atoms with Crippen LogP contribution >= 0.6 is 23.5 Å². The first-order valence-corrected chi connectivity index (χ1v) is 48.7. The Morgan fingerprint density at radius 1 is 0.237 bits per heavy atom. The summed E-state index contributed by atoms with van der Waals surface area (Å²) in [6.45, 7) is 4.74. The lowest BCUT2D eigenvalue weighted by molar-refractivity contribution is -0.356. The lowest BCUT2D eigenvalue weighted by Crippen LogP contribution is -2.65. The molecule has 0 amide bonds. The van der Waals surface area contributed by atoms with Crippen LogP contribution in [0.15, 0.2) is 364 Å². The van der Waals surface area contributed by atoms with Gasteiger partial charge in [-0.15, -0.1) is 23.5 Å². The number of hydrogen-bond donors (Lipinski definition) is 1. The lowest BCUT2D eigenvalue weighted by Gasteiger charge is -2.50. The van der Waals surface area contributed by atoms with E-state index in [2.05, 4.69) is 0 Å². The summed E-state index contributed by atoms with van der Waals surface area (Å²) in [5.74, 6) is -0.460. The molecular weight excluding hydrogens is 1750 g/mol. The van der Waals surface area contributed by atoms with Crippen molar-refractivity contribution in [2.45, 2.75) is 207 Å².